The molecule has 0 radical (unpaired) electrons. The zero-order chi connectivity index (χ0) is 20.4. The number of nitrogens with zero attached hydrogens (tertiary/aromatic N) is 5. The molecule has 1 fully saturated rings. The van der Waals surface area contributed by atoms with Crippen LogP contribution in [0.2, 0.25) is 0 Å². The van der Waals surface area contributed by atoms with Crippen LogP contribution in [0.1, 0.15) is 25.3 Å². The summed E-state index contributed by atoms with van der Waals surface area (Å²) in [7, 11) is 2.03. The lowest BCUT2D eigenvalue weighted by Crippen LogP contribution is -2.50. The largest absolute Gasteiger partial charge is 0.478 e. The molecule has 152 valence electrons. The van der Waals surface area contributed by atoms with Gasteiger partial charge >= 0.3 is 0 Å². The molecule has 7 heteroatoms. The van der Waals surface area contributed by atoms with Gasteiger partial charge in [-0.3, -0.25) is 4.79 Å². The van der Waals surface area contributed by atoms with Gasteiger partial charge in [-0.2, -0.15) is 4.98 Å². The van der Waals surface area contributed by atoms with Crippen molar-refractivity contribution < 1.29 is 9.53 Å². The van der Waals surface area contributed by atoms with Gasteiger partial charge in [0.05, 0.1) is 12.5 Å². The topological polar surface area (TPSA) is 63.5 Å². The van der Waals surface area contributed by atoms with Crippen LogP contribution in [0.4, 0.5) is 5.95 Å². The molecule has 1 aromatic carbocycles. The third-order valence-corrected chi connectivity index (χ3v) is 5.55. The number of rotatable bonds is 5. The predicted molar refractivity (Wildman–Crippen MR) is 113 cm³/mol. The maximum atomic E-state index is 13.2. The molecule has 2 aromatic heterocycles. The second kappa shape index (κ2) is 8.11. The molecule has 0 bridgehead atoms. The molecule has 0 N–H and O–H groups in total. The van der Waals surface area contributed by atoms with Gasteiger partial charge in [0.2, 0.25) is 17.7 Å². The summed E-state index contributed by atoms with van der Waals surface area (Å²) in [5.41, 5.74) is 2.24. The van der Waals surface area contributed by atoms with E-state index in [0.717, 1.165) is 16.5 Å². The summed E-state index contributed by atoms with van der Waals surface area (Å²) in [5, 5.41) is 1.15. The van der Waals surface area contributed by atoms with Crippen LogP contribution in [0.3, 0.4) is 0 Å². The molecule has 0 spiro atoms. The number of para-hydroxylation sites is 1. The highest BCUT2D eigenvalue weighted by Crippen LogP contribution is 2.29. The highest BCUT2D eigenvalue weighted by molar-refractivity contribution is 5.92. The second-order valence-electron chi connectivity index (χ2n) is 7.37. The number of aryl methyl sites for hydroxylation is 1. The van der Waals surface area contributed by atoms with E-state index in [2.05, 4.69) is 37.8 Å². The number of piperazine rings is 1. The van der Waals surface area contributed by atoms with Crippen molar-refractivity contribution in [2.24, 2.45) is 7.05 Å². The van der Waals surface area contributed by atoms with Crippen LogP contribution in [0.15, 0.2) is 42.7 Å². The van der Waals surface area contributed by atoms with E-state index in [4.69, 9.17) is 4.74 Å². The average molecular weight is 393 g/mol. The minimum absolute atomic E-state index is 0.171. The van der Waals surface area contributed by atoms with Crippen molar-refractivity contribution in [3.8, 4) is 5.88 Å². The predicted octanol–water partition coefficient (Wildman–Crippen LogP) is 2.82. The number of ether oxygens (including phenoxy) is 1. The SMILES string of the molecule is CCOc1ccnc(N2CCN(C(=O)C(C)c3cn(C)c4ccccc34)CC2)n1. The Bertz CT molecular complexity index is 1010. The van der Waals surface area contributed by atoms with E-state index in [0.29, 0.717) is 44.6 Å². The van der Waals surface area contributed by atoms with Gasteiger partial charge < -0.3 is 19.1 Å². The first-order valence-electron chi connectivity index (χ1n) is 10.1. The summed E-state index contributed by atoms with van der Waals surface area (Å²) >= 11 is 0. The minimum atomic E-state index is -0.176. The number of amides is 1. The maximum Gasteiger partial charge on any atom is 0.230 e. The molecular formula is C22H27N5O2. The van der Waals surface area contributed by atoms with E-state index in [1.165, 1.54) is 0 Å². The lowest BCUT2D eigenvalue weighted by atomic mass is 9.98. The lowest BCUT2D eigenvalue weighted by Gasteiger charge is -2.36. The van der Waals surface area contributed by atoms with Crippen LogP contribution in [0, 0.1) is 0 Å². The fraction of sp³-hybridized carbons (Fsp3) is 0.409. The van der Waals surface area contributed by atoms with Crippen molar-refractivity contribution in [3.05, 3.63) is 48.3 Å². The van der Waals surface area contributed by atoms with Gasteiger partial charge in [0.25, 0.3) is 0 Å². The second-order valence-corrected chi connectivity index (χ2v) is 7.37. The summed E-state index contributed by atoms with van der Waals surface area (Å²) in [4.78, 5) is 26.1. The Kier molecular flexibility index (Phi) is 5.38. The summed E-state index contributed by atoms with van der Waals surface area (Å²) in [6.45, 7) is 7.26. The third-order valence-electron chi connectivity index (χ3n) is 5.55. The number of hydrogen-bond donors (Lipinski definition) is 0. The number of carbonyl (C=O) groups is 1. The number of aromatic nitrogens is 3. The van der Waals surface area contributed by atoms with Crippen molar-refractivity contribution in [3.63, 3.8) is 0 Å². The summed E-state index contributed by atoms with van der Waals surface area (Å²) in [5.74, 6) is 1.24. The van der Waals surface area contributed by atoms with Gasteiger partial charge in [0.15, 0.2) is 0 Å². The molecule has 1 aliphatic heterocycles. The maximum absolute atomic E-state index is 13.2. The fourth-order valence-electron chi connectivity index (χ4n) is 3.96. The summed E-state index contributed by atoms with van der Waals surface area (Å²) < 4.78 is 7.56. The first-order chi connectivity index (χ1) is 14.1. The Labute approximate surface area is 170 Å². The number of hydrogen-bond acceptors (Lipinski definition) is 5. The number of carbonyl (C=O) groups excluding carboxylic acids is 1. The molecule has 29 heavy (non-hydrogen) atoms. The molecule has 1 atom stereocenters. The van der Waals surface area contributed by atoms with Crippen molar-refractivity contribution in [2.75, 3.05) is 37.7 Å². The monoisotopic (exact) mass is 393 g/mol. The van der Waals surface area contributed by atoms with Gasteiger partial charge in [-0.25, -0.2) is 4.98 Å². The molecule has 7 nitrogen and oxygen atoms in total. The first kappa shape index (κ1) is 19.2. The van der Waals surface area contributed by atoms with Crippen LogP contribution in [0.25, 0.3) is 10.9 Å². The van der Waals surface area contributed by atoms with E-state index < -0.39 is 0 Å². The Hall–Kier alpha value is -3.09. The number of fused-ring (bicyclic) bond motifs is 1. The molecular weight excluding hydrogens is 366 g/mol. The molecule has 0 saturated carbocycles. The van der Waals surface area contributed by atoms with Crippen LogP contribution in [-0.4, -0.2) is 58.1 Å². The van der Waals surface area contributed by atoms with Crippen molar-refractivity contribution in [2.45, 2.75) is 19.8 Å². The zero-order valence-electron chi connectivity index (χ0n) is 17.2. The fourth-order valence-corrected chi connectivity index (χ4v) is 3.96. The molecule has 1 unspecified atom stereocenters. The van der Waals surface area contributed by atoms with Gasteiger partial charge in [0.1, 0.15) is 0 Å². The zero-order valence-corrected chi connectivity index (χ0v) is 17.2. The summed E-state index contributed by atoms with van der Waals surface area (Å²) in [6.07, 6.45) is 3.80. The van der Waals surface area contributed by atoms with Crippen LogP contribution >= 0.6 is 0 Å². The number of benzene rings is 1. The Morgan fingerprint density at radius 1 is 1.17 bits per heavy atom. The van der Waals surface area contributed by atoms with E-state index in [9.17, 15) is 4.79 Å². The van der Waals surface area contributed by atoms with Gasteiger partial charge in [-0.15, -0.1) is 0 Å². The molecule has 4 rings (SSSR count). The number of anilines is 1. The quantitative estimate of drug-likeness (QED) is 0.667. The molecule has 0 aliphatic carbocycles. The Balaban J connectivity index is 1.44. The van der Waals surface area contributed by atoms with E-state index in [-0.39, 0.29) is 11.8 Å². The average Bonchev–Trinajstić information content (AvgIpc) is 3.10. The molecule has 1 saturated heterocycles. The van der Waals surface area contributed by atoms with Gasteiger partial charge in [0, 0.05) is 62.6 Å². The van der Waals surface area contributed by atoms with Crippen LogP contribution in [-0.2, 0) is 11.8 Å². The summed E-state index contributed by atoms with van der Waals surface area (Å²) in [6, 6.07) is 10.00. The van der Waals surface area contributed by atoms with Gasteiger partial charge in [-0.05, 0) is 25.5 Å². The van der Waals surface area contributed by atoms with E-state index in [1.54, 1.807) is 12.3 Å². The molecule has 1 amide bonds. The Morgan fingerprint density at radius 3 is 2.69 bits per heavy atom. The van der Waals surface area contributed by atoms with Crippen LogP contribution in [0.5, 0.6) is 5.88 Å². The van der Waals surface area contributed by atoms with Crippen LogP contribution < -0.4 is 9.64 Å². The Morgan fingerprint density at radius 2 is 1.93 bits per heavy atom. The standard InChI is InChI=1S/C22H27N5O2/c1-4-29-20-9-10-23-22(24-20)27-13-11-26(12-14-27)21(28)16(2)18-15-25(3)19-8-6-5-7-17(18)19/h5-10,15-16H,4,11-14H2,1-3H3. The third kappa shape index (κ3) is 3.77. The van der Waals surface area contributed by atoms with Crippen molar-refractivity contribution >= 4 is 22.8 Å². The van der Waals surface area contributed by atoms with Crippen molar-refractivity contribution in [1.29, 1.82) is 0 Å². The van der Waals surface area contributed by atoms with E-state index >= 15 is 0 Å². The van der Waals surface area contributed by atoms with E-state index in [1.807, 2.05) is 37.9 Å². The normalized spacial score (nSPS) is 15.6. The van der Waals surface area contributed by atoms with Gasteiger partial charge in [-0.1, -0.05) is 18.2 Å². The molecule has 1 aliphatic rings. The lowest BCUT2D eigenvalue weighted by molar-refractivity contribution is -0.132. The minimum Gasteiger partial charge on any atom is -0.478 e. The first-order valence-corrected chi connectivity index (χ1v) is 10.1. The highest BCUT2D eigenvalue weighted by atomic mass is 16.5. The van der Waals surface area contributed by atoms with Crippen molar-refractivity contribution in [1.82, 2.24) is 19.4 Å². The molecule has 3 heterocycles. The highest BCUT2D eigenvalue weighted by Gasteiger charge is 2.28. The smallest absolute Gasteiger partial charge is 0.230 e. The molecule has 3 aromatic rings.